The summed E-state index contributed by atoms with van der Waals surface area (Å²) in [5.41, 5.74) is 1.03. The lowest BCUT2D eigenvalue weighted by atomic mass is 10.1. The zero-order valence-corrected chi connectivity index (χ0v) is 14.3. The Kier molecular flexibility index (Phi) is 3.89. The summed E-state index contributed by atoms with van der Waals surface area (Å²) in [7, 11) is 1.62. The Morgan fingerprint density at radius 2 is 2.08 bits per heavy atom. The molecule has 3 aliphatic rings. The maximum absolute atomic E-state index is 12.7. The molecule has 0 radical (unpaired) electrons. The van der Waals surface area contributed by atoms with E-state index in [4.69, 9.17) is 16.3 Å². The summed E-state index contributed by atoms with van der Waals surface area (Å²) in [5.74, 6) is -0.0718. The Balaban J connectivity index is 1.48. The van der Waals surface area contributed by atoms with E-state index >= 15 is 0 Å². The molecule has 24 heavy (non-hydrogen) atoms. The number of nitrogens with zero attached hydrogens (tertiary/aromatic N) is 3. The lowest BCUT2D eigenvalue weighted by Gasteiger charge is -2.24. The third-order valence-corrected chi connectivity index (χ3v) is 5.51. The fraction of sp³-hybridized carbons (Fsp3) is 0.529. The maximum atomic E-state index is 12.7. The van der Waals surface area contributed by atoms with Gasteiger partial charge in [-0.05, 0) is 24.6 Å². The van der Waals surface area contributed by atoms with Crippen LogP contribution in [0.15, 0.2) is 24.3 Å². The van der Waals surface area contributed by atoms with E-state index in [2.05, 4.69) is 4.90 Å². The lowest BCUT2D eigenvalue weighted by Crippen LogP contribution is -2.44. The van der Waals surface area contributed by atoms with Crippen molar-refractivity contribution >= 4 is 29.2 Å². The van der Waals surface area contributed by atoms with E-state index in [-0.39, 0.29) is 30.1 Å². The van der Waals surface area contributed by atoms with Crippen molar-refractivity contribution in [2.75, 3.05) is 31.6 Å². The second kappa shape index (κ2) is 5.93. The highest BCUT2D eigenvalue weighted by molar-refractivity contribution is 6.30. The number of carbonyl (C=O) groups excluding carboxylic acids is 2. The number of methoxy groups -OCH3 is 1. The summed E-state index contributed by atoms with van der Waals surface area (Å²) in [6, 6.07) is 7.09. The van der Waals surface area contributed by atoms with E-state index in [1.807, 2.05) is 24.3 Å². The molecule has 0 unspecified atom stereocenters. The number of rotatable bonds is 3. The van der Waals surface area contributed by atoms with Gasteiger partial charge in [0.25, 0.3) is 5.91 Å². The Bertz CT molecular complexity index is 659. The van der Waals surface area contributed by atoms with Crippen molar-refractivity contribution in [2.45, 2.75) is 31.0 Å². The quantitative estimate of drug-likeness (QED) is 0.783. The van der Waals surface area contributed by atoms with Gasteiger partial charge in [-0.3, -0.25) is 9.69 Å². The van der Waals surface area contributed by atoms with Crippen molar-refractivity contribution in [3.63, 3.8) is 0 Å². The van der Waals surface area contributed by atoms with Crippen LogP contribution in [-0.4, -0.2) is 66.7 Å². The Morgan fingerprint density at radius 1 is 1.25 bits per heavy atom. The van der Waals surface area contributed by atoms with Gasteiger partial charge in [-0.25, -0.2) is 4.79 Å². The highest BCUT2D eigenvalue weighted by Gasteiger charge is 2.53. The Morgan fingerprint density at radius 3 is 2.79 bits per heavy atom. The molecule has 0 spiro atoms. The van der Waals surface area contributed by atoms with Crippen molar-refractivity contribution in [3.05, 3.63) is 29.3 Å². The number of benzene rings is 1. The number of fused-ring (bicyclic) bond motifs is 1. The minimum absolute atomic E-state index is 0.0309. The van der Waals surface area contributed by atoms with Crippen LogP contribution < -0.4 is 4.90 Å². The fourth-order valence-electron chi connectivity index (χ4n) is 4.00. The molecule has 6 nitrogen and oxygen atoms in total. The molecule has 3 fully saturated rings. The largest absolute Gasteiger partial charge is 0.380 e. The number of anilines is 1. The van der Waals surface area contributed by atoms with Crippen molar-refractivity contribution in [2.24, 2.45) is 0 Å². The number of imide groups is 1. The van der Waals surface area contributed by atoms with E-state index in [1.165, 1.54) is 4.90 Å². The first kappa shape index (κ1) is 15.7. The predicted molar refractivity (Wildman–Crippen MR) is 90.2 cm³/mol. The van der Waals surface area contributed by atoms with Gasteiger partial charge in [0.05, 0.1) is 12.1 Å². The van der Waals surface area contributed by atoms with Crippen molar-refractivity contribution in [1.82, 2.24) is 9.80 Å². The summed E-state index contributed by atoms with van der Waals surface area (Å²) in [4.78, 5) is 30.7. The third-order valence-electron chi connectivity index (χ3n) is 5.27. The molecule has 0 aliphatic carbocycles. The van der Waals surface area contributed by atoms with E-state index < -0.39 is 0 Å². The molecule has 7 heteroatoms. The van der Waals surface area contributed by atoms with Crippen LogP contribution in [0.2, 0.25) is 5.02 Å². The van der Waals surface area contributed by atoms with Crippen molar-refractivity contribution in [1.29, 1.82) is 0 Å². The number of hydrogen-bond donors (Lipinski definition) is 0. The van der Waals surface area contributed by atoms with Gasteiger partial charge in [0.15, 0.2) is 0 Å². The SMILES string of the molecule is CO[C@@H]1C[C@@H]2C(=O)N([C@H]3CCN(c4cccc(Cl)c4)C3)C(=O)N2C1. The molecule has 0 aromatic heterocycles. The van der Waals surface area contributed by atoms with Gasteiger partial charge >= 0.3 is 6.03 Å². The van der Waals surface area contributed by atoms with Gasteiger partial charge in [0, 0.05) is 43.9 Å². The molecule has 128 valence electrons. The number of urea groups is 1. The number of amides is 3. The zero-order valence-electron chi connectivity index (χ0n) is 13.5. The topological polar surface area (TPSA) is 53.1 Å². The van der Waals surface area contributed by atoms with Gasteiger partial charge in [0.1, 0.15) is 6.04 Å². The van der Waals surface area contributed by atoms with Gasteiger partial charge < -0.3 is 14.5 Å². The van der Waals surface area contributed by atoms with Gasteiger partial charge in [-0.15, -0.1) is 0 Å². The second-order valence-corrected chi connectivity index (χ2v) is 7.06. The zero-order chi connectivity index (χ0) is 16.8. The van der Waals surface area contributed by atoms with E-state index in [9.17, 15) is 9.59 Å². The third kappa shape index (κ3) is 2.45. The molecular weight excluding hydrogens is 330 g/mol. The standard InChI is InChI=1S/C17H20ClN3O3/c1-24-14-8-15-16(22)21(17(23)20(15)10-14)13-5-6-19(9-13)12-4-2-3-11(18)7-12/h2-4,7,13-15H,5-6,8-10H2,1H3/t13-,14+,15+/m0/s1. The molecule has 3 heterocycles. The summed E-state index contributed by atoms with van der Waals surface area (Å²) in [5, 5.41) is 0.690. The van der Waals surface area contributed by atoms with Crippen molar-refractivity contribution in [3.8, 4) is 0 Å². The highest BCUT2D eigenvalue weighted by atomic mass is 35.5. The Hall–Kier alpha value is -1.79. The summed E-state index contributed by atoms with van der Waals surface area (Å²) in [6.45, 7) is 1.98. The number of halogens is 1. The summed E-state index contributed by atoms with van der Waals surface area (Å²) in [6.07, 6.45) is 1.36. The molecule has 1 aromatic rings. The van der Waals surface area contributed by atoms with Crippen LogP contribution in [0.3, 0.4) is 0 Å². The molecule has 3 saturated heterocycles. The van der Waals surface area contributed by atoms with Crippen LogP contribution in [-0.2, 0) is 9.53 Å². The van der Waals surface area contributed by atoms with Crippen LogP contribution in [0, 0.1) is 0 Å². The molecule has 3 atom stereocenters. The predicted octanol–water partition coefficient (Wildman–Crippen LogP) is 1.97. The van der Waals surface area contributed by atoms with E-state index in [0.29, 0.717) is 24.5 Å². The molecular formula is C17H20ClN3O3. The average Bonchev–Trinajstić information content (AvgIpc) is 3.25. The maximum Gasteiger partial charge on any atom is 0.327 e. The average molecular weight is 350 g/mol. The monoisotopic (exact) mass is 349 g/mol. The fourth-order valence-corrected chi connectivity index (χ4v) is 4.19. The van der Waals surface area contributed by atoms with E-state index in [0.717, 1.165) is 18.7 Å². The van der Waals surface area contributed by atoms with E-state index in [1.54, 1.807) is 12.0 Å². The van der Waals surface area contributed by atoms with Crippen LogP contribution in [0.4, 0.5) is 10.5 Å². The molecule has 3 aliphatic heterocycles. The van der Waals surface area contributed by atoms with Gasteiger partial charge in [-0.2, -0.15) is 0 Å². The first-order valence-corrected chi connectivity index (χ1v) is 8.63. The molecule has 0 saturated carbocycles. The minimum Gasteiger partial charge on any atom is -0.380 e. The summed E-state index contributed by atoms with van der Waals surface area (Å²) < 4.78 is 5.31. The van der Waals surface area contributed by atoms with Crippen LogP contribution in [0.25, 0.3) is 0 Å². The second-order valence-electron chi connectivity index (χ2n) is 6.62. The Labute approximate surface area is 145 Å². The first-order valence-electron chi connectivity index (χ1n) is 8.25. The summed E-state index contributed by atoms with van der Waals surface area (Å²) >= 11 is 6.06. The number of carbonyl (C=O) groups is 2. The van der Waals surface area contributed by atoms with Crippen molar-refractivity contribution < 1.29 is 14.3 Å². The van der Waals surface area contributed by atoms with Gasteiger partial charge in [-0.1, -0.05) is 17.7 Å². The van der Waals surface area contributed by atoms with Gasteiger partial charge in [0.2, 0.25) is 0 Å². The number of hydrogen-bond acceptors (Lipinski definition) is 4. The molecule has 0 bridgehead atoms. The number of ether oxygens (including phenoxy) is 1. The first-order chi connectivity index (χ1) is 11.6. The molecule has 0 N–H and O–H groups in total. The molecule has 3 amide bonds. The highest BCUT2D eigenvalue weighted by Crippen LogP contribution is 2.33. The normalized spacial score (nSPS) is 29.8. The molecule has 1 aromatic carbocycles. The molecule has 4 rings (SSSR count). The smallest absolute Gasteiger partial charge is 0.327 e. The lowest BCUT2D eigenvalue weighted by molar-refractivity contribution is -0.129. The van der Waals surface area contributed by atoms with Crippen LogP contribution in [0.1, 0.15) is 12.8 Å². The van der Waals surface area contributed by atoms with Crippen LogP contribution >= 0.6 is 11.6 Å². The minimum atomic E-state index is -0.345. The van der Waals surface area contributed by atoms with Crippen LogP contribution in [0.5, 0.6) is 0 Å².